The van der Waals surface area contributed by atoms with E-state index in [0.717, 1.165) is 77.6 Å². The maximum Gasteiger partial charge on any atom is 0.154 e. The number of hydrogen-bond acceptors (Lipinski definition) is 6. The van der Waals surface area contributed by atoms with E-state index in [4.69, 9.17) is 10.7 Å². The van der Waals surface area contributed by atoms with E-state index in [9.17, 15) is 0 Å². The van der Waals surface area contributed by atoms with Crippen LogP contribution in [0.3, 0.4) is 0 Å². The second kappa shape index (κ2) is 16.6. The van der Waals surface area contributed by atoms with Crippen LogP contribution in [0, 0.1) is 34.0 Å². The first kappa shape index (κ1) is 36.4. The predicted octanol–water partition coefficient (Wildman–Crippen LogP) is 10.6. The number of aliphatic imine (C=N–C) groups is 1. The zero-order valence-electron chi connectivity index (χ0n) is 29.6. The smallest absolute Gasteiger partial charge is 0.154 e. The highest BCUT2D eigenvalue weighted by atomic mass is 32.1. The Kier molecular flexibility index (Phi) is 13.1. The number of unbranched alkanes of at least 4 members (excludes halogenated alkanes) is 1. The van der Waals surface area contributed by atoms with E-state index >= 15 is 0 Å². The van der Waals surface area contributed by atoms with Crippen molar-refractivity contribution in [3.05, 3.63) is 59.3 Å². The van der Waals surface area contributed by atoms with Crippen LogP contribution < -0.4 is 16.4 Å². The minimum Gasteiger partial charge on any atom is -0.402 e. The Morgan fingerprint density at radius 2 is 1.91 bits per heavy atom. The molecule has 4 N–H and O–H groups in total. The summed E-state index contributed by atoms with van der Waals surface area (Å²) in [6.45, 7) is 17.5. The van der Waals surface area contributed by atoms with E-state index in [0.29, 0.717) is 17.7 Å². The quantitative estimate of drug-likeness (QED) is 0.0575. The van der Waals surface area contributed by atoms with Gasteiger partial charge in [-0.3, -0.25) is 0 Å². The number of anilines is 1. The molecule has 0 bridgehead atoms. The van der Waals surface area contributed by atoms with Crippen LogP contribution in [0.25, 0.3) is 6.08 Å². The molecule has 3 aliphatic rings. The minimum absolute atomic E-state index is 0.286. The van der Waals surface area contributed by atoms with Crippen LogP contribution >= 0.6 is 12.6 Å². The molecular weight excluding hydrogens is 583 g/mol. The molecule has 2 unspecified atom stereocenters. The highest BCUT2D eigenvalue weighted by molar-refractivity contribution is 7.84. The van der Waals surface area contributed by atoms with Gasteiger partial charge in [-0.25, -0.2) is 9.98 Å². The molecule has 2 spiro atoms. The number of allylic oxidation sites excluding steroid dienone is 5. The molecule has 3 fully saturated rings. The lowest BCUT2D eigenvalue weighted by Gasteiger charge is -2.34. The minimum atomic E-state index is 0.286. The van der Waals surface area contributed by atoms with E-state index < -0.39 is 0 Å². The Morgan fingerprint density at radius 3 is 2.57 bits per heavy atom. The molecule has 1 aromatic rings. The summed E-state index contributed by atoms with van der Waals surface area (Å²) in [6.07, 6.45) is 28.4. The monoisotopic (exact) mass is 645 g/mol. The zero-order valence-corrected chi connectivity index (χ0v) is 30.5. The molecule has 0 saturated heterocycles. The van der Waals surface area contributed by atoms with E-state index in [1.807, 2.05) is 30.5 Å². The second-order valence-electron chi connectivity index (χ2n) is 15.3. The molecule has 254 valence electrons. The van der Waals surface area contributed by atoms with Crippen molar-refractivity contribution < 1.29 is 0 Å². The topological polar surface area (TPSA) is 75.3 Å². The van der Waals surface area contributed by atoms with Gasteiger partial charge < -0.3 is 16.4 Å². The summed E-state index contributed by atoms with van der Waals surface area (Å²) in [5.74, 6) is 3.55. The first-order valence-corrected chi connectivity index (χ1v) is 18.7. The predicted molar refractivity (Wildman–Crippen MR) is 204 cm³/mol. The number of hydrogen-bond donors (Lipinski definition) is 4. The lowest BCUT2D eigenvalue weighted by molar-refractivity contribution is 0.201. The van der Waals surface area contributed by atoms with E-state index in [-0.39, 0.29) is 5.41 Å². The van der Waals surface area contributed by atoms with Crippen molar-refractivity contribution in [2.75, 3.05) is 18.4 Å². The van der Waals surface area contributed by atoms with Crippen molar-refractivity contribution in [2.24, 2.45) is 44.7 Å². The van der Waals surface area contributed by atoms with Crippen molar-refractivity contribution >= 4 is 36.6 Å². The average Bonchev–Trinajstić information content (AvgIpc) is 3.97. The SMILES string of the molecule is C=Cc1ccc(N=CC=C(N)CCCC2C3(CC3)C23CC3)nc1NCC(CC(C)(C)CCCC)C(C)CCN/C(S)=C/C=C\CC. The van der Waals surface area contributed by atoms with Crippen LogP contribution in [-0.2, 0) is 0 Å². The van der Waals surface area contributed by atoms with Crippen LogP contribution in [0.15, 0.2) is 58.7 Å². The molecular formula is C40H63N5S. The van der Waals surface area contributed by atoms with Gasteiger partial charge in [0.1, 0.15) is 5.82 Å². The van der Waals surface area contributed by atoms with Gasteiger partial charge in [-0.05, 0) is 129 Å². The molecule has 1 heterocycles. The Bertz CT molecular complexity index is 1250. The summed E-state index contributed by atoms with van der Waals surface area (Å²) >= 11 is 4.61. The van der Waals surface area contributed by atoms with Crippen molar-refractivity contribution in [3.63, 3.8) is 0 Å². The lowest BCUT2D eigenvalue weighted by Crippen LogP contribution is -2.29. The third-order valence-corrected chi connectivity index (χ3v) is 11.6. The van der Waals surface area contributed by atoms with Crippen LogP contribution in [0.5, 0.6) is 0 Å². The molecule has 0 amide bonds. The van der Waals surface area contributed by atoms with Gasteiger partial charge in [0.25, 0.3) is 0 Å². The molecule has 46 heavy (non-hydrogen) atoms. The number of nitrogens with two attached hydrogens (primary N) is 1. The Balaban J connectivity index is 1.32. The van der Waals surface area contributed by atoms with Crippen LogP contribution in [0.2, 0.25) is 0 Å². The van der Waals surface area contributed by atoms with Crippen LogP contribution in [0.1, 0.15) is 124 Å². The number of rotatable bonds is 22. The molecule has 1 aromatic heterocycles. The Hall–Kier alpha value is -2.47. The van der Waals surface area contributed by atoms with Crippen LogP contribution in [0.4, 0.5) is 11.6 Å². The van der Waals surface area contributed by atoms with E-state index in [2.05, 4.69) is 87.7 Å². The second-order valence-corrected chi connectivity index (χ2v) is 15.8. The third kappa shape index (κ3) is 9.78. The summed E-state index contributed by atoms with van der Waals surface area (Å²) in [4.78, 5) is 9.54. The number of nitrogens with zero attached hydrogens (tertiary/aromatic N) is 2. The van der Waals surface area contributed by atoms with Gasteiger partial charge in [0.2, 0.25) is 0 Å². The van der Waals surface area contributed by atoms with Crippen molar-refractivity contribution in [2.45, 2.75) is 118 Å². The van der Waals surface area contributed by atoms with Gasteiger partial charge in [0, 0.05) is 30.6 Å². The summed E-state index contributed by atoms with van der Waals surface area (Å²) < 4.78 is 0. The molecule has 3 aliphatic carbocycles. The number of fused-ring (bicyclic) bond motifs is 1. The van der Waals surface area contributed by atoms with Gasteiger partial charge in [-0.2, -0.15) is 0 Å². The van der Waals surface area contributed by atoms with Crippen molar-refractivity contribution in [1.29, 1.82) is 0 Å². The molecule has 0 aliphatic heterocycles. The number of thiol groups is 1. The highest BCUT2D eigenvalue weighted by Crippen LogP contribution is 2.93. The maximum atomic E-state index is 6.36. The number of aromatic nitrogens is 1. The largest absolute Gasteiger partial charge is 0.402 e. The fourth-order valence-electron chi connectivity index (χ4n) is 8.18. The van der Waals surface area contributed by atoms with Crippen molar-refractivity contribution in [1.82, 2.24) is 10.3 Å². The fraction of sp³-hybridized carbons (Fsp3) is 0.650. The summed E-state index contributed by atoms with van der Waals surface area (Å²) in [7, 11) is 0. The first-order chi connectivity index (χ1) is 22.1. The van der Waals surface area contributed by atoms with E-state index in [1.54, 1.807) is 0 Å². The average molecular weight is 646 g/mol. The van der Waals surface area contributed by atoms with Gasteiger partial charge in [0.05, 0.1) is 5.03 Å². The van der Waals surface area contributed by atoms with Gasteiger partial charge in [-0.1, -0.05) is 72.3 Å². The molecule has 0 radical (unpaired) electrons. The molecule has 6 heteroatoms. The summed E-state index contributed by atoms with van der Waals surface area (Å²) in [6, 6.07) is 4.01. The Labute approximate surface area is 286 Å². The summed E-state index contributed by atoms with van der Waals surface area (Å²) in [5, 5.41) is 8.11. The van der Waals surface area contributed by atoms with Gasteiger partial charge in [0.15, 0.2) is 5.82 Å². The normalized spacial score (nSPS) is 20.0. The maximum absolute atomic E-state index is 6.36. The Morgan fingerprint density at radius 1 is 1.17 bits per heavy atom. The van der Waals surface area contributed by atoms with Gasteiger partial charge in [-0.15, -0.1) is 12.6 Å². The molecule has 0 aromatic carbocycles. The highest BCUT2D eigenvalue weighted by Gasteiger charge is 2.85. The molecule has 5 nitrogen and oxygen atoms in total. The summed E-state index contributed by atoms with van der Waals surface area (Å²) in [5.41, 5.74) is 10.1. The lowest BCUT2D eigenvalue weighted by atomic mass is 9.74. The standard InChI is InChI=1S/C40H63N5S/c1-7-10-12-16-36(46)43-26-19-30(4)32(28-38(5,6)21-11-8-2)29-44-37-31(9-3)17-18-35(45-37)42-27-20-33(41)14-13-15-34-39(22-23-39)40(34)24-25-40/h9-10,12,16-18,20,27,30,32,34,43,46H,3,7-8,11,13-15,19,21-26,28-29,41H2,1-2,4-6H3,(H,44,45)/b12-10-,33-20?,36-16-,42-27?. The van der Waals surface area contributed by atoms with Crippen molar-refractivity contribution in [3.8, 4) is 0 Å². The molecule has 4 rings (SSSR count). The number of pyridine rings is 1. The third-order valence-electron chi connectivity index (χ3n) is 11.3. The first-order valence-electron chi connectivity index (χ1n) is 18.3. The molecule has 3 saturated carbocycles. The molecule has 2 atom stereocenters. The number of nitrogens with one attached hydrogen (secondary N) is 2. The van der Waals surface area contributed by atoms with Gasteiger partial charge >= 0.3 is 0 Å². The zero-order chi connectivity index (χ0) is 33.2. The van der Waals surface area contributed by atoms with E-state index in [1.165, 1.54) is 57.8 Å². The fourth-order valence-corrected chi connectivity index (χ4v) is 8.38. The van der Waals surface area contributed by atoms with Crippen LogP contribution in [-0.4, -0.2) is 24.3 Å².